The SMILES string of the molecule is COCCN1C[NH+](Cc2ccco2)CC2=C1CC(C)(C)CC2=O. The van der Waals surface area contributed by atoms with Crippen molar-refractivity contribution in [2.24, 2.45) is 5.41 Å². The van der Waals surface area contributed by atoms with Gasteiger partial charge in [-0.25, -0.2) is 0 Å². The van der Waals surface area contributed by atoms with Crippen molar-refractivity contribution in [2.75, 3.05) is 33.5 Å². The van der Waals surface area contributed by atoms with Gasteiger partial charge in [0.1, 0.15) is 13.1 Å². The number of ketones is 1. The molecule has 0 amide bonds. The minimum atomic E-state index is 0.0553. The van der Waals surface area contributed by atoms with Crippen molar-refractivity contribution in [3.05, 3.63) is 35.4 Å². The van der Waals surface area contributed by atoms with Gasteiger partial charge in [0.2, 0.25) is 0 Å². The largest absolute Gasteiger partial charge is 0.463 e. The molecule has 3 rings (SSSR count). The summed E-state index contributed by atoms with van der Waals surface area (Å²) in [5.41, 5.74) is 2.32. The normalized spacial score (nSPS) is 24.0. The second-order valence-corrected chi connectivity index (χ2v) is 7.46. The van der Waals surface area contributed by atoms with Crippen LogP contribution in [0.15, 0.2) is 34.1 Å². The van der Waals surface area contributed by atoms with Gasteiger partial charge in [0.25, 0.3) is 0 Å². The van der Waals surface area contributed by atoms with E-state index in [0.717, 1.165) is 44.1 Å². The first-order valence-corrected chi connectivity index (χ1v) is 8.33. The molecule has 0 saturated carbocycles. The lowest BCUT2D eigenvalue weighted by Gasteiger charge is -2.42. The molecule has 0 radical (unpaired) electrons. The Morgan fingerprint density at radius 2 is 2.22 bits per heavy atom. The molecule has 0 aromatic carbocycles. The van der Waals surface area contributed by atoms with E-state index in [2.05, 4.69) is 18.7 Å². The first-order chi connectivity index (χ1) is 11.0. The summed E-state index contributed by atoms with van der Waals surface area (Å²) < 4.78 is 10.8. The number of carbonyl (C=O) groups is 1. The highest BCUT2D eigenvalue weighted by Gasteiger charge is 2.40. The molecule has 1 aliphatic heterocycles. The number of furan rings is 1. The summed E-state index contributed by atoms with van der Waals surface area (Å²) >= 11 is 0. The Kier molecular flexibility index (Phi) is 4.60. The zero-order valence-corrected chi connectivity index (χ0v) is 14.4. The number of nitrogens with one attached hydrogen (secondary N) is 1. The van der Waals surface area contributed by atoms with Crippen molar-refractivity contribution < 1.29 is 18.8 Å². The zero-order chi connectivity index (χ0) is 16.4. The lowest BCUT2D eigenvalue weighted by atomic mass is 9.75. The van der Waals surface area contributed by atoms with E-state index >= 15 is 0 Å². The molecule has 1 aliphatic carbocycles. The van der Waals surface area contributed by atoms with E-state index in [-0.39, 0.29) is 5.41 Å². The van der Waals surface area contributed by atoms with Crippen LogP contribution in [0, 0.1) is 5.41 Å². The van der Waals surface area contributed by atoms with Gasteiger partial charge in [0.15, 0.2) is 18.2 Å². The third-order valence-corrected chi connectivity index (χ3v) is 4.76. The Bertz CT molecular complexity index is 589. The zero-order valence-electron chi connectivity index (χ0n) is 14.4. The number of Topliss-reactive ketones (excluding diaryl/α,β-unsaturated/α-hetero) is 1. The average Bonchev–Trinajstić information content (AvgIpc) is 2.98. The molecular weight excluding hydrogens is 292 g/mol. The molecule has 1 aromatic rings. The number of hydrogen-bond acceptors (Lipinski definition) is 4. The maximum Gasteiger partial charge on any atom is 0.166 e. The highest BCUT2D eigenvalue weighted by molar-refractivity contribution is 5.97. The van der Waals surface area contributed by atoms with E-state index < -0.39 is 0 Å². The van der Waals surface area contributed by atoms with Crippen molar-refractivity contribution in [3.63, 3.8) is 0 Å². The van der Waals surface area contributed by atoms with Gasteiger partial charge in [-0.05, 0) is 24.0 Å². The van der Waals surface area contributed by atoms with Crippen LogP contribution < -0.4 is 4.90 Å². The number of ether oxygens (including phenoxy) is 1. The standard InChI is InChI=1S/C18H26N2O3/c1-18(2)9-16-15(17(21)10-18)12-19(11-14-5-4-7-23-14)13-20(16)6-8-22-3/h4-5,7H,6,8-13H2,1-3H3/p+1. The lowest BCUT2D eigenvalue weighted by Crippen LogP contribution is -3.13. The van der Waals surface area contributed by atoms with E-state index in [1.165, 1.54) is 10.6 Å². The summed E-state index contributed by atoms with van der Waals surface area (Å²) in [7, 11) is 1.72. The minimum absolute atomic E-state index is 0.0553. The van der Waals surface area contributed by atoms with Gasteiger partial charge in [-0.15, -0.1) is 0 Å². The summed E-state index contributed by atoms with van der Waals surface area (Å²) in [5, 5.41) is 0. The second-order valence-electron chi connectivity index (χ2n) is 7.46. The summed E-state index contributed by atoms with van der Waals surface area (Å²) in [6.07, 6.45) is 3.34. The first kappa shape index (κ1) is 16.3. The van der Waals surface area contributed by atoms with Gasteiger partial charge in [0, 0.05) is 25.8 Å². The van der Waals surface area contributed by atoms with Crippen LogP contribution >= 0.6 is 0 Å². The number of allylic oxidation sites excluding steroid dienone is 1. The molecule has 0 saturated heterocycles. The predicted molar refractivity (Wildman–Crippen MR) is 86.7 cm³/mol. The van der Waals surface area contributed by atoms with Crippen molar-refractivity contribution in [1.82, 2.24) is 4.90 Å². The summed E-state index contributed by atoms with van der Waals surface area (Å²) in [4.78, 5) is 16.4. The molecule has 2 heterocycles. The van der Waals surface area contributed by atoms with Crippen molar-refractivity contribution >= 4 is 5.78 Å². The monoisotopic (exact) mass is 319 g/mol. The maximum atomic E-state index is 12.7. The van der Waals surface area contributed by atoms with Crippen LogP contribution in [-0.4, -0.2) is 44.2 Å². The molecule has 0 spiro atoms. The van der Waals surface area contributed by atoms with E-state index in [1.54, 1.807) is 13.4 Å². The highest BCUT2D eigenvalue weighted by atomic mass is 16.5. The van der Waals surface area contributed by atoms with E-state index in [9.17, 15) is 4.79 Å². The summed E-state index contributed by atoms with van der Waals surface area (Å²) in [6, 6.07) is 3.92. The third-order valence-electron chi connectivity index (χ3n) is 4.76. The molecular formula is C18H27N2O3+. The molecule has 1 aromatic heterocycles. The molecule has 23 heavy (non-hydrogen) atoms. The van der Waals surface area contributed by atoms with E-state index in [4.69, 9.17) is 9.15 Å². The first-order valence-electron chi connectivity index (χ1n) is 8.33. The molecule has 5 nitrogen and oxygen atoms in total. The van der Waals surface area contributed by atoms with Crippen LogP contribution in [0.3, 0.4) is 0 Å². The molecule has 1 unspecified atom stereocenters. The average molecular weight is 319 g/mol. The quantitative estimate of drug-likeness (QED) is 0.887. The molecule has 1 atom stereocenters. The number of methoxy groups -OCH3 is 1. The van der Waals surface area contributed by atoms with E-state index in [1.807, 2.05) is 12.1 Å². The van der Waals surface area contributed by atoms with Crippen molar-refractivity contribution in [1.29, 1.82) is 0 Å². The van der Waals surface area contributed by atoms with Crippen LogP contribution in [0.1, 0.15) is 32.4 Å². The molecule has 2 aliphatic rings. The fourth-order valence-corrected chi connectivity index (χ4v) is 3.69. The van der Waals surface area contributed by atoms with Crippen LogP contribution in [0.5, 0.6) is 0 Å². The molecule has 0 bridgehead atoms. The fourth-order valence-electron chi connectivity index (χ4n) is 3.69. The molecule has 1 N–H and O–H groups in total. The lowest BCUT2D eigenvalue weighted by molar-refractivity contribution is -0.922. The van der Waals surface area contributed by atoms with Gasteiger partial charge in [-0.2, -0.15) is 0 Å². The van der Waals surface area contributed by atoms with Crippen LogP contribution in [-0.2, 0) is 16.1 Å². The number of rotatable bonds is 5. The van der Waals surface area contributed by atoms with Gasteiger partial charge < -0.3 is 19.0 Å². The van der Waals surface area contributed by atoms with Crippen molar-refractivity contribution in [3.8, 4) is 0 Å². The smallest absolute Gasteiger partial charge is 0.166 e. The topological polar surface area (TPSA) is 47.1 Å². The Labute approximate surface area is 137 Å². The highest BCUT2D eigenvalue weighted by Crippen LogP contribution is 2.38. The number of hydrogen-bond donors (Lipinski definition) is 1. The Balaban J connectivity index is 1.83. The third kappa shape index (κ3) is 3.67. The predicted octanol–water partition coefficient (Wildman–Crippen LogP) is 1.23. The number of nitrogens with zero attached hydrogens (tertiary/aromatic N) is 1. The Hall–Kier alpha value is -1.59. The number of quaternary nitrogens is 1. The van der Waals surface area contributed by atoms with Crippen LogP contribution in [0.2, 0.25) is 0 Å². The Morgan fingerprint density at radius 3 is 2.91 bits per heavy atom. The van der Waals surface area contributed by atoms with Crippen LogP contribution in [0.25, 0.3) is 0 Å². The summed E-state index contributed by atoms with van der Waals surface area (Å²) in [6.45, 7) is 8.39. The molecule has 126 valence electrons. The van der Waals surface area contributed by atoms with Crippen molar-refractivity contribution in [2.45, 2.75) is 33.2 Å². The molecule has 0 fully saturated rings. The fraction of sp³-hybridized carbons (Fsp3) is 0.611. The Morgan fingerprint density at radius 1 is 1.39 bits per heavy atom. The second kappa shape index (κ2) is 6.49. The van der Waals surface area contributed by atoms with Crippen LogP contribution in [0.4, 0.5) is 0 Å². The van der Waals surface area contributed by atoms with Gasteiger partial charge in [-0.3, -0.25) is 4.79 Å². The van der Waals surface area contributed by atoms with Gasteiger partial charge in [-0.1, -0.05) is 13.8 Å². The number of carbonyl (C=O) groups excluding carboxylic acids is 1. The van der Waals surface area contributed by atoms with E-state index in [0.29, 0.717) is 18.8 Å². The minimum Gasteiger partial charge on any atom is -0.463 e. The maximum absolute atomic E-state index is 12.7. The molecule has 5 heteroatoms. The van der Waals surface area contributed by atoms with Gasteiger partial charge >= 0.3 is 0 Å². The summed E-state index contributed by atoms with van der Waals surface area (Å²) in [5.74, 6) is 1.29. The van der Waals surface area contributed by atoms with Gasteiger partial charge in [0.05, 0.1) is 18.4 Å².